The highest BCUT2D eigenvalue weighted by atomic mass is 79.9. The zero-order valence-corrected chi connectivity index (χ0v) is 10.6. The number of rotatable bonds is 2. The summed E-state index contributed by atoms with van der Waals surface area (Å²) >= 11 is 3.30. The van der Waals surface area contributed by atoms with E-state index in [0.717, 1.165) is 4.47 Å². The van der Waals surface area contributed by atoms with Gasteiger partial charge in [-0.3, -0.25) is 4.68 Å². The number of carbonyl (C=O) groups excluding carboxylic acids is 1. The molecule has 2 N–H and O–H groups in total. The molecule has 1 aromatic heterocycles. The number of ether oxygens (including phenoxy) is 1. The van der Waals surface area contributed by atoms with Gasteiger partial charge in [0, 0.05) is 17.6 Å². The van der Waals surface area contributed by atoms with E-state index in [9.17, 15) is 4.79 Å². The number of carbonyl (C=O) groups is 1. The molecule has 0 aliphatic rings. The first kappa shape index (κ1) is 11.7. The molecule has 0 amide bonds. The van der Waals surface area contributed by atoms with Gasteiger partial charge in [0.1, 0.15) is 11.6 Å². The van der Waals surface area contributed by atoms with Crippen molar-refractivity contribution in [1.29, 1.82) is 0 Å². The van der Waals surface area contributed by atoms with E-state index in [1.807, 2.05) is 0 Å². The molecule has 0 fully saturated rings. The number of aryl methyl sites for hydroxylation is 1. The zero-order valence-electron chi connectivity index (χ0n) is 9.05. The maximum atomic E-state index is 11.7. The fourth-order valence-corrected chi connectivity index (χ4v) is 1.51. The number of aromatic nitrogens is 2. The van der Waals surface area contributed by atoms with Crippen LogP contribution in [0.25, 0.3) is 0 Å². The number of benzene rings is 1. The quantitative estimate of drug-likeness (QED) is 0.679. The van der Waals surface area contributed by atoms with Crippen molar-refractivity contribution in [2.24, 2.45) is 7.05 Å². The van der Waals surface area contributed by atoms with Gasteiger partial charge in [0.2, 0.25) is 0 Å². The monoisotopic (exact) mass is 295 g/mol. The number of hydrogen-bond acceptors (Lipinski definition) is 4. The Bertz CT molecular complexity index is 529. The van der Waals surface area contributed by atoms with Crippen molar-refractivity contribution in [3.63, 3.8) is 0 Å². The average Bonchev–Trinajstić information content (AvgIpc) is 2.63. The van der Waals surface area contributed by atoms with Crippen LogP contribution in [0.5, 0.6) is 5.75 Å². The van der Waals surface area contributed by atoms with E-state index in [0.29, 0.717) is 11.6 Å². The van der Waals surface area contributed by atoms with Gasteiger partial charge in [0.05, 0.1) is 0 Å². The number of hydrogen-bond donors (Lipinski definition) is 1. The van der Waals surface area contributed by atoms with E-state index in [1.54, 1.807) is 31.3 Å². The molecular formula is C11H10BrN3O2. The molecule has 2 rings (SSSR count). The molecule has 0 aliphatic heterocycles. The topological polar surface area (TPSA) is 70.1 Å². The van der Waals surface area contributed by atoms with Crippen LogP contribution < -0.4 is 10.5 Å². The van der Waals surface area contributed by atoms with E-state index in [1.165, 1.54) is 10.7 Å². The van der Waals surface area contributed by atoms with Crippen LogP contribution in [0.1, 0.15) is 10.5 Å². The number of nitrogens with zero attached hydrogens (tertiary/aromatic N) is 2. The first-order valence-corrected chi connectivity index (χ1v) is 5.63. The minimum Gasteiger partial charge on any atom is -0.422 e. The summed E-state index contributed by atoms with van der Waals surface area (Å²) in [6, 6.07) is 8.43. The molecule has 1 aromatic carbocycles. The predicted octanol–water partition coefficient (Wildman–Crippen LogP) is 1.98. The third-order valence-corrected chi connectivity index (χ3v) is 2.68. The Hall–Kier alpha value is -1.82. The first-order chi connectivity index (χ1) is 8.06. The van der Waals surface area contributed by atoms with Gasteiger partial charge >= 0.3 is 5.97 Å². The van der Waals surface area contributed by atoms with Crippen molar-refractivity contribution in [3.8, 4) is 5.75 Å². The summed E-state index contributed by atoms with van der Waals surface area (Å²) in [5.41, 5.74) is 5.77. The number of anilines is 1. The van der Waals surface area contributed by atoms with Gasteiger partial charge in [-0.1, -0.05) is 15.9 Å². The third-order valence-electron chi connectivity index (χ3n) is 2.15. The summed E-state index contributed by atoms with van der Waals surface area (Å²) in [6.07, 6.45) is 0. The van der Waals surface area contributed by atoms with Gasteiger partial charge in [-0.25, -0.2) is 4.79 Å². The highest BCUT2D eigenvalue weighted by Crippen LogP contribution is 2.17. The SMILES string of the molecule is Cn1nc(C(=O)Oc2ccc(Br)cc2)cc1N. The molecule has 0 atom stereocenters. The Balaban J connectivity index is 2.14. The summed E-state index contributed by atoms with van der Waals surface area (Å²) < 4.78 is 7.46. The van der Waals surface area contributed by atoms with E-state index in [4.69, 9.17) is 10.5 Å². The Kier molecular flexibility index (Phi) is 3.14. The average molecular weight is 296 g/mol. The Morgan fingerprint density at radius 1 is 1.41 bits per heavy atom. The lowest BCUT2D eigenvalue weighted by atomic mass is 10.3. The Morgan fingerprint density at radius 3 is 2.59 bits per heavy atom. The van der Waals surface area contributed by atoms with E-state index >= 15 is 0 Å². The van der Waals surface area contributed by atoms with Crippen LogP contribution in [0.4, 0.5) is 5.82 Å². The van der Waals surface area contributed by atoms with Crippen LogP contribution in [-0.4, -0.2) is 15.7 Å². The molecule has 0 saturated carbocycles. The van der Waals surface area contributed by atoms with E-state index in [-0.39, 0.29) is 5.69 Å². The van der Waals surface area contributed by atoms with E-state index < -0.39 is 5.97 Å². The van der Waals surface area contributed by atoms with Crippen LogP contribution in [0.3, 0.4) is 0 Å². The minimum absolute atomic E-state index is 0.188. The second-order valence-corrected chi connectivity index (χ2v) is 4.34. The molecule has 2 aromatic rings. The molecule has 0 radical (unpaired) electrons. The van der Waals surface area contributed by atoms with Gasteiger partial charge in [-0.05, 0) is 24.3 Å². The number of esters is 1. The molecular weight excluding hydrogens is 286 g/mol. The second-order valence-electron chi connectivity index (χ2n) is 3.42. The standard InChI is InChI=1S/C11H10BrN3O2/c1-15-10(13)6-9(14-15)11(16)17-8-4-2-7(12)3-5-8/h2-6H,13H2,1H3. The lowest BCUT2D eigenvalue weighted by Crippen LogP contribution is -2.09. The van der Waals surface area contributed by atoms with Gasteiger partial charge in [0.15, 0.2) is 5.69 Å². The largest absolute Gasteiger partial charge is 0.422 e. The van der Waals surface area contributed by atoms with Gasteiger partial charge in [-0.2, -0.15) is 5.10 Å². The molecule has 5 nitrogen and oxygen atoms in total. The highest BCUT2D eigenvalue weighted by molar-refractivity contribution is 9.10. The summed E-state index contributed by atoms with van der Waals surface area (Å²) in [5.74, 6) is 0.342. The van der Waals surface area contributed by atoms with Crippen LogP contribution >= 0.6 is 15.9 Å². The van der Waals surface area contributed by atoms with Crippen molar-refractivity contribution in [3.05, 3.63) is 40.5 Å². The Morgan fingerprint density at radius 2 is 2.06 bits per heavy atom. The van der Waals surface area contributed by atoms with Gasteiger partial charge < -0.3 is 10.5 Å². The summed E-state index contributed by atoms with van der Waals surface area (Å²) in [4.78, 5) is 11.7. The predicted molar refractivity (Wildman–Crippen MR) is 66.7 cm³/mol. The summed E-state index contributed by atoms with van der Waals surface area (Å²) in [7, 11) is 1.66. The fraction of sp³-hybridized carbons (Fsp3) is 0.0909. The van der Waals surface area contributed by atoms with E-state index in [2.05, 4.69) is 21.0 Å². The molecule has 88 valence electrons. The van der Waals surface area contributed by atoms with Crippen LogP contribution in [0.15, 0.2) is 34.8 Å². The maximum absolute atomic E-state index is 11.7. The van der Waals surface area contributed by atoms with Gasteiger partial charge in [-0.15, -0.1) is 0 Å². The zero-order chi connectivity index (χ0) is 12.4. The maximum Gasteiger partial charge on any atom is 0.364 e. The van der Waals surface area contributed by atoms with Crippen molar-refractivity contribution in [1.82, 2.24) is 9.78 Å². The normalized spacial score (nSPS) is 10.2. The third kappa shape index (κ3) is 2.65. The van der Waals surface area contributed by atoms with Crippen LogP contribution in [0.2, 0.25) is 0 Å². The number of nitrogen functional groups attached to an aromatic ring is 1. The highest BCUT2D eigenvalue weighted by Gasteiger charge is 2.13. The molecule has 17 heavy (non-hydrogen) atoms. The number of halogens is 1. The molecule has 6 heteroatoms. The number of nitrogens with two attached hydrogens (primary N) is 1. The molecule has 0 bridgehead atoms. The lowest BCUT2D eigenvalue weighted by molar-refractivity contribution is 0.0727. The minimum atomic E-state index is -0.528. The first-order valence-electron chi connectivity index (χ1n) is 4.83. The molecule has 0 aliphatic carbocycles. The second kappa shape index (κ2) is 4.58. The molecule has 0 spiro atoms. The van der Waals surface area contributed by atoms with Gasteiger partial charge in [0.25, 0.3) is 0 Å². The summed E-state index contributed by atoms with van der Waals surface area (Å²) in [6.45, 7) is 0. The van der Waals surface area contributed by atoms with Crippen LogP contribution in [-0.2, 0) is 7.05 Å². The van der Waals surface area contributed by atoms with Crippen molar-refractivity contribution in [2.75, 3.05) is 5.73 Å². The molecule has 0 saturated heterocycles. The summed E-state index contributed by atoms with van der Waals surface area (Å²) in [5, 5.41) is 3.93. The van der Waals surface area contributed by atoms with Crippen molar-refractivity contribution >= 4 is 27.7 Å². The fourth-order valence-electron chi connectivity index (χ4n) is 1.24. The van der Waals surface area contributed by atoms with Crippen molar-refractivity contribution < 1.29 is 9.53 Å². The van der Waals surface area contributed by atoms with Crippen LogP contribution in [0, 0.1) is 0 Å². The lowest BCUT2D eigenvalue weighted by Gasteiger charge is -2.01. The molecule has 0 unspecified atom stereocenters. The molecule has 1 heterocycles. The van der Waals surface area contributed by atoms with Crippen molar-refractivity contribution in [2.45, 2.75) is 0 Å². The smallest absolute Gasteiger partial charge is 0.364 e. The Labute approximate surface area is 106 Å².